The Kier molecular flexibility index (Phi) is 3.40. The van der Waals surface area contributed by atoms with Gasteiger partial charge in [-0.25, -0.2) is 9.97 Å². The summed E-state index contributed by atoms with van der Waals surface area (Å²) in [6.07, 6.45) is 4.21. The van der Waals surface area contributed by atoms with Crippen molar-refractivity contribution in [3.05, 3.63) is 42.2 Å². The van der Waals surface area contributed by atoms with Gasteiger partial charge >= 0.3 is 0 Å². The summed E-state index contributed by atoms with van der Waals surface area (Å²) in [5.41, 5.74) is 7.52. The fraction of sp³-hybridized carbons (Fsp3) is 0.375. The van der Waals surface area contributed by atoms with Crippen LogP contribution < -0.4 is 5.73 Å². The number of nitrogen functional groups attached to an aromatic ring is 1. The van der Waals surface area contributed by atoms with Crippen molar-refractivity contribution < 1.29 is 4.74 Å². The van der Waals surface area contributed by atoms with Crippen molar-refractivity contribution in [1.29, 1.82) is 0 Å². The molecule has 4 heteroatoms. The summed E-state index contributed by atoms with van der Waals surface area (Å²) in [4.78, 5) is 9.14. The molecule has 1 saturated carbocycles. The van der Waals surface area contributed by atoms with Gasteiger partial charge < -0.3 is 10.5 Å². The predicted octanol–water partition coefficient (Wildman–Crippen LogP) is 3.14. The second-order valence-electron chi connectivity index (χ2n) is 5.27. The Balaban J connectivity index is 2.07. The number of rotatable bonds is 3. The molecule has 0 bridgehead atoms. The van der Waals surface area contributed by atoms with Gasteiger partial charge in [0.15, 0.2) is 5.82 Å². The van der Waals surface area contributed by atoms with Crippen LogP contribution in [-0.2, 0) is 10.3 Å². The molecule has 0 unspecified atom stereocenters. The van der Waals surface area contributed by atoms with Crippen molar-refractivity contribution in [2.75, 3.05) is 12.8 Å². The van der Waals surface area contributed by atoms with Crippen LogP contribution in [0.3, 0.4) is 0 Å². The number of anilines is 1. The maximum absolute atomic E-state index is 5.97. The van der Waals surface area contributed by atoms with Gasteiger partial charge in [0.1, 0.15) is 11.4 Å². The molecule has 4 nitrogen and oxygen atoms in total. The topological polar surface area (TPSA) is 61.0 Å². The standard InChI is InChI=1S/C16H19N3O/c1-20-16(9-5-6-10-16)15-18-13(11-14(17)19-15)12-7-3-2-4-8-12/h2-4,7-8,11H,5-6,9-10H2,1H3,(H2,17,18,19). The third kappa shape index (κ3) is 2.27. The van der Waals surface area contributed by atoms with E-state index in [4.69, 9.17) is 15.5 Å². The normalized spacial score (nSPS) is 17.2. The second kappa shape index (κ2) is 5.21. The van der Waals surface area contributed by atoms with Gasteiger partial charge in [-0.15, -0.1) is 0 Å². The van der Waals surface area contributed by atoms with Crippen molar-refractivity contribution in [2.45, 2.75) is 31.3 Å². The van der Waals surface area contributed by atoms with Crippen LogP contribution in [0.5, 0.6) is 0 Å². The van der Waals surface area contributed by atoms with E-state index in [-0.39, 0.29) is 5.60 Å². The number of nitrogens with zero attached hydrogens (tertiary/aromatic N) is 2. The number of hydrogen-bond acceptors (Lipinski definition) is 4. The van der Waals surface area contributed by atoms with Crippen molar-refractivity contribution >= 4 is 5.82 Å². The van der Waals surface area contributed by atoms with Gasteiger partial charge in [-0.05, 0) is 25.7 Å². The summed E-state index contributed by atoms with van der Waals surface area (Å²) in [5.74, 6) is 1.22. The number of methoxy groups -OCH3 is 1. The highest BCUT2D eigenvalue weighted by Gasteiger charge is 2.38. The maximum atomic E-state index is 5.97. The van der Waals surface area contributed by atoms with Gasteiger partial charge in [0.25, 0.3) is 0 Å². The Labute approximate surface area is 119 Å². The summed E-state index contributed by atoms with van der Waals surface area (Å²) in [5, 5.41) is 0. The van der Waals surface area contributed by atoms with Gasteiger partial charge in [0, 0.05) is 18.7 Å². The lowest BCUT2D eigenvalue weighted by molar-refractivity contribution is -0.0160. The molecule has 1 fully saturated rings. The highest BCUT2D eigenvalue weighted by molar-refractivity contribution is 5.61. The van der Waals surface area contributed by atoms with E-state index in [1.54, 1.807) is 7.11 Å². The zero-order chi connectivity index (χ0) is 14.0. The Morgan fingerprint density at radius 1 is 1.10 bits per heavy atom. The lowest BCUT2D eigenvalue weighted by Gasteiger charge is -2.26. The van der Waals surface area contributed by atoms with E-state index in [2.05, 4.69) is 4.98 Å². The maximum Gasteiger partial charge on any atom is 0.163 e. The second-order valence-corrected chi connectivity index (χ2v) is 5.27. The molecule has 0 saturated heterocycles. The lowest BCUT2D eigenvalue weighted by Crippen LogP contribution is -2.27. The number of benzene rings is 1. The van der Waals surface area contributed by atoms with E-state index in [0.29, 0.717) is 5.82 Å². The Morgan fingerprint density at radius 2 is 1.80 bits per heavy atom. The first-order valence-corrected chi connectivity index (χ1v) is 6.99. The van der Waals surface area contributed by atoms with Crippen LogP contribution >= 0.6 is 0 Å². The van der Waals surface area contributed by atoms with E-state index < -0.39 is 0 Å². The Bertz CT molecular complexity index is 592. The van der Waals surface area contributed by atoms with Crippen LogP contribution in [0.1, 0.15) is 31.5 Å². The SMILES string of the molecule is COC1(c2nc(N)cc(-c3ccccc3)n2)CCCC1. The van der Waals surface area contributed by atoms with E-state index in [1.807, 2.05) is 36.4 Å². The molecule has 104 valence electrons. The number of hydrogen-bond donors (Lipinski definition) is 1. The highest BCUT2D eigenvalue weighted by atomic mass is 16.5. The minimum atomic E-state index is -0.362. The van der Waals surface area contributed by atoms with Crippen molar-refractivity contribution in [2.24, 2.45) is 0 Å². The summed E-state index contributed by atoms with van der Waals surface area (Å²) in [7, 11) is 1.74. The van der Waals surface area contributed by atoms with Crippen LogP contribution in [0.25, 0.3) is 11.3 Å². The van der Waals surface area contributed by atoms with E-state index >= 15 is 0 Å². The van der Waals surface area contributed by atoms with Gasteiger partial charge in [-0.1, -0.05) is 30.3 Å². The molecule has 1 heterocycles. The average Bonchev–Trinajstić information content (AvgIpc) is 2.98. The van der Waals surface area contributed by atoms with Gasteiger partial charge in [-0.2, -0.15) is 0 Å². The van der Waals surface area contributed by atoms with Crippen LogP contribution in [0.4, 0.5) is 5.82 Å². The van der Waals surface area contributed by atoms with Gasteiger partial charge in [0.05, 0.1) is 5.69 Å². The molecule has 0 spiro atoms. The third-order valence-electron chi connectivity index (χ3n) is 4.02. The summed E-state index contributed by atoms with van der Waals surface area (Å²) in [6, 6.07) is 11.9. The summed E-state index contributed by atoms with van der Waals surface area (Å²) in [6.45, 7) is 0. The zero-order valence-electron chi connectivity index (χ0n) is 11.7. The first-order chi connectivity index (χ1) is 9.73. The lowest BCUT2D eigenvalue weighted by atomic mass is 10.0. The summed E-state index contributed by atoms with van der Waals surface area (Å²) >= 11 is 0. The van der Waals surface area contributed by atoms with Crippen LogP contribution in [0, 0.1) is 0 Å². The molecule has 20 heavy (non-hydrogen) atoms. The fourth-order valence-electron chi connectivity index (χ4n) is 2.89. The third-order valence-corrected chi connectivity index (χ3v) is 4.02. The largest absolute Gasteiger partial charge is 0.384 e. The Morgan fingerprint density at radius 3 is 2.45 bits per heavy atom. The molecule has 0 amide bonds. The van der Waals surface area contributed by atoms with Crippen molar-refractivity contribution in [3.8, 4) is 11.3 Å². The molecule has 1 aliphatic rings. The van der Waals surface area contributed by atoms with E-state index in [1.165, 1.54) is 0 Å². The molecule has 0 atom stereocenters. The summed E-state index contributed by atoms with van der Waals surface area (Å²) < 4.78 is 5.75. The smallest absolute Gasteiger partial charge is 0.163 e. The minimum absolute atomic E-state index is 0.362. The molecule has 0 aliphatic heterocycles. The molecular weight excluding hydrogens is 250 g/mol. The number of nitrogens with two attached hydrogens (primary N) is 1. The molecule has 2 N–H and O–H groups in total. The van der Waals surface area contributed by atoms with Gasteiger partial charge in [0.2, 0.25) is 0 Å². The average molecular weight is 269 g/mol. The molecule has 1 aliphatic carbocycles. The van der Waals surface area contributed by atoms with Crippen molar-refractivity contribution in [1.82, 2.24) is 9.97 Å². The molecule has 1 aromatic heterocycles. The van der Waals surface area contributed by atoms with Crippen molar-refractivity contribution in [3.63, 3.8) is 0 Å². The molecular formula is C16H19N3O. The monoisotopic (exact) mass is 269 g/mol. The minimum Gasteiger partial charge on any atom is -0.384 e. The van der Waals surface area contributed by atoms with E-state index in [0.717, 1.165) is 42.8 Å². The number of aromatic nitrogens is 2. The molecule has 0 radical (unpaired) electrons. The first kappa shape index (κ1) is 13.1. The quantitative estimate of drug-likeness (QED) is 0.929. The first-order valence-electron chi connectivity index (χ1n) is 6.99. The molecule has 1 aromatic carbocycles. The van der Waals surface area contributed by atoms with E-state index in [9.17, 15) is 0 Å². The van der Waals surface area contributed by atoms with Crippen LogP contribution in [0.15, 0.2) is 36.4 Å². The Hall–Kier alpha value is -1.94. The zero-order valence-corrected chi connectivity index (χ0v) is 11.7. The highest BCUT2D eigenvalue weighted by Crippen LogP contribution is 2.40. The van der Waals surface area contributed by atoms with Crippen LogP contribution in [-0.4, -0.2) is 17.1 Å². The number of ether oxygens (including phenoxy) is 1. The predicted molar refractivity (Wildman–Crippen MR) is 79.0 cm³/mol. The fourth-order valence-corrected chi connectivity index (χ4v) is 2.89. The molecule has 2 aromatic rings. The van der Waals surface area contributed by atoms with Crippen LogP contribution in [0.2, 0.25) is 0 Å². The molecule has 3 rings (SSSR count). The van der Waals surface area contributed by atoms with Gasteiger partial charge in [-0.3, -0.25) is 0 Å².